The third-order valence-electron chi connectivity index (χ3n) is 1.86. The van der Waals surface area contributed by atoms with Crippen molar-refractivity contribution in [3.63, 3.8) is 0 Å². The molecule has 1 heterocycles. The summed E-state index contributed by atoms with van der Waals surface area (Å²) in [5.74, 6) is -1.22. The SMILES string of the molecule is O=C(O)Cc1nnc(-c2ccc(F)cc2)o1. The molecule has 1 N–H and O–H groups in total. The molecule has 0 aliphatic heterocycles. The Morgan fingerprint density at radius 3 is 2.62 bits per heavy atom. The average molecular weight is 222 g/mol. The van der Waals surface area contributed by atoms with Crippen molar-refractivity contribution in [1.29, 1.82) is 0 Å². The third-order valence-corrected chi connectivity index (χ3v) is 1.86. The molecule has 82 valence electrons. The van der Waals surface area contributed by atoms with E-state index in [0.717, 1.165) is 0 Å². The van der Waals surface area contributed by atoms with Gasteiger partial charge in [-0.1, -0.05) is 0 Å². The van der Waals surface area contributed by atoms with Crippen molar-refractivity contribution in [1.82, 2.24) is 10.2 Å². The Kier molecular flexibility index (Phi) is 2.63. The van der Waals surface area contributed by atoms with Crippen molar-refractivity contribution < 1.29 is 18.7 Å². The first-order valence-corrected chi connectivity index (χ1v) is 4.45. The first-order chi connectivity index (χ1) is 7.65. The van der Waals surface area contributed by atoms with Gasteiger partial charge >= 0.3 is 5.97 Å². The van der Waals surface area contributed by atoms with Gasteiger partial charge in [-0.15, -0.1) is 10.2 Å². The quantitative estimate of drug-likeness (QED) is 0.851. The highest BCUT2D eigenvalue weighted by molar-refractivity contribution is 5.68. The second-order valence-electron chi connectivity index (χ2n) is 3.08. The number of benzene rings is 1. The van der Waals surface area contributed by atoms with Crippen LogP contribution in [0.25, 0.3) is 11.5 Å². The molecule has 1 aromatic heterocycles. The van der Waals surface area contributed by atoms with Gasteiger partial charge in [-0.3, -0.25) is 4.79 Å². The van der Waals surface area contributed by atoms with Crippen molar-refractivity contribution in [2.24, 2.45) is 0 Å². The van der Waals surface area contributed by atoms with Crippen LogP contribution in [0.5, 0.6) is 0 Å². The van der Waals surface area contributed by atoms with Crippen LogP contribution >= 0.6 is 0 Å². The van der Waals surface area contributed by atoms with Gasteiger partial charge in [-0.2, -0.15) is 0 Å². The van der Waals surface area contributed by atoms with Crippen LogP contribution in [0.2, 0.25) is 0 Å². The summed E-state index contributed by atoms with van der Waals surface area (Å²) in [4.78, 5) is 10.4. The number of hydrogen-bond donors (Lipinski definition) is 1. The van der Waals surface area contributed by atoms with E-state index in [9.17, 15) is 9.18 Å². The summed E-state index contributed by atoms with van der Waals surface area (Å²) in [6.07, 6.45) is -0.325. The van der Waals surface area contributed by atoms with E-state index < -0.39 is 5.97 Å². The Morgan fingerprint density at radius 1 is 1.31 bits per heavy atom. The fraction of sp³-hybridized carbons (Fsp3) is 0.100. The summed E-state index contributed by atoms with van der Waals surface area (Å²) in [5, 5.41) is 15.7. The Bertz CT molecular complexity index is 507. The van der Waals surface area contributed by atoms with E-state index in [1.165, 1.54) is 24.3 Å². The molecule has 0 amide bonds. The van der Waals surface area contributed by atoms with Crippen molar-refractivity contribution in [2.75, 3.05) is 0 Å². The smallest absolute Gasteiger partial charge is 0.312 e. The number of hydrogen-bond acceptors (Lipinski definition) is 4. The van der Waals surface area contributed by atoms with Crippen LogP contribution in [-0.2, 0) is 11.2 Å². The van der Waals surface area contributed by atoms with Gasteiger partial charge in [0.1, 0.15) is 12.2 Å². The molecule has 16 heavy (non-hydrogen) atoms. The molecule has 6 heteroatoms. The van der Waals surface area contributed by atoms with Crippen LogP contribution in [0.15, 0.2) is 28.7 Å². The normalized spacial score (nSPS) is 10.3. The van der Waals surface area contributed by atoms with Gasteiger partial charge in [0.2, 0.25) is 11.8 Å². The molecule has 0 radical (unpaired) electrons. The monoisotopic (exact) mass is 222 g/mol. The number of halogens is 1. The highest BCUT2D eigenvalue weighted by atomic mass is 19.1. The van der Waals surface area contributed by atoms with Crippen LogP contribution in [0, 0.1) is 5.82 Å². The van der Waals surface area contributed by atoms with Crippen molar-refractivity contribution in [3.05, 3.63) is 36.0 Å². The Balaban J connectivity index is 2.24. The number of rotatable bonds is 3. The molecule has 0 fully saturated rings. The number of nitrogens with zero attached hydrogens (tertiary/aromatic N) is 2. The molecule has 0 aliphatic carbocycles. The zero-order valence-corrected chi connectivity index (χ0v) is 8.05. The van der Waals surface area contributed by atoms with Crippen molar-refractivity contribution in [3.8, 4) is 11.5 Å². The molecule has 0 aliphatic rings. The number of aliphatic carboxylic acids is 1. The summed E-state index contributed by atoms with van der Waals surface area (Å²) < 4.78 is 17.7. The van der Waals surface area contributed by atoms with Crippen LogP contribution in [0.4, 0.5) is 4.39 Å². The van der Waals surface area contributed by atoms with Crippen molar-refractivity contribution >= 4 is 5.97 Å². The minimum Gasteiger partial charge on any atom is -0.481 e. The second-order valence-corrected chi connectivity index (χ2v) is 3.08. The highest BCUT2D eigenvalue weighted by Gasteiger charge is 2.11. The van der Waals surface area contributed by atoms with E-state index in [-0.39, 0.29) is 24.0 Å². The number of carbonyl (C=O) groups is 1. The molecule has 0 atom stereocenters. The summed E-state index contributed by atoms with van der Waals surface area (Å²) in [7, 11) is 0. The molecule has 0 spiro atoms. The van der Waals surface area contributed by atoms with Crippen LogP contribution < -0.4 is 0 Å². The third kappa shape index (κ3) is 2.22. The first-order valence-electron chi connectivity index (χ1n) is 4.45. The lowest BCUT2D eigenvalue weighted by Crippen LogP contribution is -1.99. The minimum atomic E-state index is -1.05. The molecule has 2 rings (SSSR count). The highest BCUT2D eigenvalue weighted by Crippen LogP contribution is 2.17. The van der Waals surface area contributed by atoms with Crippen LogP contribution in [0.1, 0.15) is 5.89 Å². The molecule has 0 saturated carbocycles. The standard InChI is InChI=1S/C10H7FN2O3/c11-7-3-1-6(2-4-7)10-13-12-8(16-10)5-9(14)15/h1-4H,5H2,(H,14,15). The molecule has 2 aromatic rings. The average Bonchev–Trinajstić information content (AvgIpc) is 2.66. The van der Waals surface area contributed by atoms with E-state index in [2.05, 4.69) is 10.2 Å². The predicted molar refractivity (Wildman–Crippen MR) is 51.0 cm³/mol. The second kappa shape index (κ2) is 4.09. The fourth-order valence-corrected chi connectivity index (χ4v) is 1.16. The predicted octanol–water partition coefficient (Wildman–Crippen LogP) is 1.50. The van der Waals surface area contributed by atoms with E-state index in [4.69, 9.17) is 9.52 Å². The largest absolute Gasteiger partial charge is 0.481 e. The number of carboxylic acid groups (broad SMARTS) is 1. The van der Waals surface area contributed by atoms with Crippen LogP contribution in [0.3, 0.4) is 0 Å². The molecule has 5 nitrogen and oxygen atoms in total. The zero-order valence-electron chi connectivity index (χ0n) is 8.05. The lowest BCUT2D eigenvalue weighted by atomic mass is 10.2. The summed E-state index contributed by atoms with van der Waals surface area (Å²) in [5.41, 5.74) is 0.547. The topological polar surface area (TPSA) is 76.2 Å². The Morgan fingerprint density at radius 2 is 2.00 bits per heavy atom. The summed E-state index contributed by atoms with van der Waals surface area (Å²) in [6.45, 7) is 0. The van der Waals surface area contributed by atoms with Gasteiger partial charge in [0.05, 0.1) is 0 Å². The van der Waals surface area contributed by atoms with Gasteiger partial charge in [0, 0.05) is 5.56 Å². The molecule has 1 aromatic carbocycles. The number of aromatic nitrogens is 2. The zero-order chi connectivity index (χ0) is 11.5. The first kappa shape index (κ1) is 10.3. The number of carboxylic acids is 1. The minimum absolute atomic E-state index is 0.0202. The molecule has 0 unspecified atom stereocenters. The summed E-state index contributed by atoms with van der Waals surface area (Å²) in [6, 6.07) is 5.48. The lowest BCUT2D eigenvalue weighted by molar-refractivity contribution is -0.136. The maximum absolute atomic E-state index is 12.6. The lowest BCUT2D eigenvalue weighted by Gasteiger charge is -1.93. The maximum atomic E-state index is 12.6. The van der Waals surface area contributed by atoms with E-state index in [1.807, 2.05) is 0 Å². The molecular formula is C10H7FN2O3. The molecule has 0 bridgehead atoms. The Labute approximate surface area is 89.5 Å². The maximum Gasteiger partial charge on any atom is 0.312 e. The van der Waals surface area contributed by atoms with E-state index in [1.54, 1.807) is 0 Å². The summed E-state index contributed by atoms with van der Waals surface area (Å²) >= 11 is 0. The Hall–Kier alpha value is -2.24. The van der Waals surface area contributed by atoms with Gasteiger partial charge in [-0.25, -0.2) is 4.39 Å². The van der Waals surface area contributed by atoms with Gasteiger partial charge in [0.25, 0.3) is 0 Å². The molecule has 0 saturated heterocycles. The van der Waals surface area contributed by atoms with Crippen LogP contribution in [-0.4, -0.2) is 21.3 Å². The van der Waals surface area contributed by atoms with Gasteiger partial charge in [-0.05, 0) is 24.3 Å². The molecular weight excluding hydrogens is 215 g/mol. The fourth-order valence-electron chi connectivity index (χ4n) is 1.16. The van der Waals surface area contributed by atoms with E-state index >= 15 is 0 Å². The van der Waals surface area contributed by atoms with Gasteiger partial charge < -0.3 is 9.52 Å². The van der Waals surface area contributed by atoms with E-state index in [0.29, 0.717) is 5.56 Å². The van der Waals surface area contributed by atoms with Gasteiger partial charge in [0.15, 0.2) is 0 Å². The van der Waals surface area contributed by atoms with Crippen molar-refractivity contribution in [2.45, 2.75) is 6.42 Å².